The lowest BCUT2D eigenvalue weighted by Crippen LogP contribution is -2.26. The minimum absolute atomic E-state index is 0.193. The summed E-state index contributed by atoms with van der Waals surface area (Å²) in [5.74, 6) is 1.47. The Bertz CT molecular complexity index is 307. The van der Waals surface area contributed by atoms with Gasteiger partial charge in [0.05, 0.1) is 6.10 Å². The highest BCUT2D eigenvalue weighted by molar-refractivity contribution is 5.00. The Morgan fingerprint density at radius 1 is 1.53 bits per heavy atom. The first-order valence-corrected chi connectivity index (χ1v) is 5.38. The van der Waals surface area contributed by atoms with Gasteiger partial charge in [-0.2, -0.15) is 4.98 Å². The number of aromatic nitrogens is 2. The molecule has 0 aliphatic heterocycles. The third-order valence-electron chi connectivity index (χ3n) is 2.53. The van der Waals surface area contributed by atoms with Gasteiger partial charge in [0, 0.05) is 12.5 Å². The highest BCUT2D eigenvalue weighted by Crippen LogP contribution is 2.35. The zero-order valence-corrected chi connectivity index (χ0v) is 8.85. The number of aliphatic hydroxyl groups excluding tert-OH is 1. The summed E-state index contributed by atoms with van der Waals surface area (Å²) in [5, 5.41) is 13.0. The first-order chi connectivity index (χ1) is 7.29. The summed E-state index contributed by atoms with van der Waals surface area (Å²) in [6.07, 6.45) is 2.26. The van der Waals surface area contributed by atoms with Crippen molar-refractivity contribution in [3.63, 3.8) is 0 Å². The Morgan fingerprint density at radius 3 is 3.00 bits per heavy atom. The van der Waals surface area contributed by atoms with E-state index in [-0.39, 0.29) is 12.0 Å². The van der Waals surface area contributed by atoms with Crippen molar-refractivity contribution in [3.8, 4) is 0 Å². The van der Waals surface area contributed by atoms with Gasteiger partial charge in [-0.1, -0.05) is 12.1 Å². The number of nitrogens with zero attached hydrogens (tertiary/aromatic N) is 2. The molecule has 0 atom stereocenters. The molecular weight excluding hydrogens is 196 g/mol. The Labute approximate surface area is 88.4 Å². The average molecular weight is 212 g/mol. The molecule has 0 radical (unpaired) electrons. The standard InChI is InChI=1S/C10H16N2O3/c1-2-3-14-6-9-11-10(15-12-9)7-4-8(13)5-7/h7-8,13H,2-6H2,1H3. The van der Waals surface area contributed by atoms with Crippen LogP contribution < -0.4 is 0 Å². The van der Waals surface area contributed by atoms with Crippen molar-refractivity contribution in [1.29, 1.82) is 0 Å². The molecule has 1 aromatic rings. The van der Waals surface area contributed by atoms with Crippen LogP contribution in [0.4, 0.5) is 0 Å². The Morgan fingerprint density at radius 2 is 2.33 bits per heavy atom. The van der Waals surface area contributed by atoms with Gasteiger partial charge in [-0.25, -0.2) is 0 Å². The number of rotatable bonds is 5. The van der Waals surface area contributed by atoms with Gasteiger partial charge in [0.1, 0.15) is 6.61 Å². The highest BCUT2D eigenvalue weighted by atomic mass is 16.5. The normalized spacial score (nSPS) is 25.2. The van der Waals surface area contributed by atoms with Crippen LogP contribution in [0.5, 0.6) is 0 Å². The SMILES string of the molecule is CCCOCc1noc(C2CC(O)C2)n1. The summed E-state index contributed by atoms with van der Waals surface area (Å²) in [5.41, 5.74) is 0. The third-order valence-corrected chi connectivity index (χ3v) is 2.53. The molecule has 15 heavy (non-hydrogen) atoms. The summed E-state index contributed by atoms with van der Waals surface area (Å²) in [7, 11) is 0. The molecule has 1 aliphatic carbocycles. The molecule has 0 bridgehead atoms. The van der Waals surface area contributed by atoms with Crippen LogP contribution in [0, 0.1) is 0 Å². The zero-order chi connectivity index (χ0) is 10.7. The fourth-order valence-electron chi connectivity index (χ4n) is 1.59. The molecule has 1 aliphatic rings. The molecule has 1 saturated carbocycles. The van der Waals surface area contributed by atoms with Crippen LogP contribution in [0.2, 0.25) is 0 Å². The minimum atomic E-state index is -0.193. The van der Waals surface area contributed by atoms with Gasteiger partial charge in [0.15, 0.2) is 5.82 Å². The number of ether oxygens (including phenoxy) is 1. The molecule has 0 saturated heterocycles. The predicted molar refractivity (Wildman–Crippen MR) is 52.2 cm³/mol. The van der Waals surface area contributed by atoms with E-state index >= 15 is 0 Å². The van der Waals surface area contributed by atoms with Crippen LogP contribution in [0.1, 0.15) is 43.8 Å². The van der Waals surface area contributed by atoms with Crippen molar-refractivity contribution >= 4 is 0 Å². The second kappa shape index (κ2) is 4.72. The maximum absolute atomic E-state index is 9.15. The maximum Gasteiger partial charge on any atom is 0.230 e. The van der Waals surface area contributed by atoms with Crippen molar-refractivity contribution in [1.82, 2.24) is 10.1 Å². The van der Waals surface area contributed by atoms with E-state index in [4.69, 9.17) is 14.4 Å². The van der Waals surface area contributed by atoms with Crippen molar-refractivity contribution in [2.45, 2.75) is 44.8 Å². The predicted octanol–water partition coefficient (Wildman–Crippen LogP) is 1.23. The van der Waals surface area contributed by atoms with Crippen LogP contribution in [-0.2, 0) is 11.3 Å². The van der Waals surface area contributed by atoms with Gasteiger partial charge in [-0.3, -0.25) is 0 Å². The van der Waals surface area contributed by atoms with Gasteiger partial charge < -0.3 is 14.4 Å². The number of hydrogen-bond acceptors (Lipinski definition) is 5. The molecule has 1 heterocycles. The summed E-state index contributed by atoms with van der Waals surface area (Å²) in [6, 6.07) is 0. The van der Waals surface area contributed by atoms with Crippen LogP contribution in [0.15, 0.2) is 4.52 Å². The fourth-order valence-corrected chi connectivity index (χ4v) is 1.59. The molecule has 0 spiro atoms. The molecule has 84 valence electrons. The monoisotopic (exact) mass is 212 g/mol. The lowest BCUT2D eigenvalue weighted by molar-refractivity contribution is 0.0624. The van der Waals surface area contributed by atoms with E-state index in [0.29, 0.717) is 24.9 Å². The number of hydrogen-bond donors (Lipinski definition) is 1. The first kappa shape index (κ1) is 10.6. The maximum atomic E-state index is 9.15. The fraction of sp³-hybridized carbons (Fsp3) is 0.800. The zero-order valence-electron chi connectivity index (χ0n) is 8.85. The summed E-state index contributed by atoms with van der Waals surface area (Å²) >= 11 is 0. The van der Waals surface area contributed by atoms with Gasteiger partial charge >= 0.3 is 0 Å². The lowest BCUT2D eigenvalue weighted by atomic mass is 9.82. The van der Waals surface area contributed by atoms with Gasteiger partial charge in [-0.15, -0.1) is 0 Å². The average Bonchev–Trinajstić information content (AvgIpc) is 2.62. The quantitative estimate of drug-likeness (QED) is 0.743. The molecule has 0 amide bonds. The van der Waals surface area contributed by atoms with Gasteiger partial charge in [-0.05, 0) is 19.3 Å². The molecule has 1 fully saturated rings. The van der Waals surface area contributed by atoms with Crippen molar-refractivity contribution in [2.75, 3.05) is 6.61 Å². The van der Waals surface area contributed by atoms with E-state index in [9.17, 15) is 0 Å². The first-order valence-electron chi connectivity index (χ1n) is 5.38. The summed E-state index contributed by atoms with van der Waals surface area (Å²) in [4.78, 5) is 4.22. The lowest BCUT2D eigenvalue weighted by Gasteiger charge is -2.27. The molecule has 0 aromatic carbocycles. The number of aliphatic hydroxyl groups is 1. The topological polar surface area (TPSA) is 68.4 Å². The van der Waals surface area contributed by atoms with Crippen LogP contribution >= 0.6 is 0 Å². The minimum Gasteiger partial charge on any atom is -0.393 e. The molecular formula is C10H16N2O3. The highest BCUT2D eigenvalue weighted by Gasteiger charge is 2.32. The van der Waals surface area contributed by atoms with E-state index in [1.807, 2.05) is 0 Å². The molecule has 1 aromatic heterocycles. The second-order valence-corrected chi connectivity index (χ2v) is 3.92. The van der Waals surface area contributed by atoms with Crippen molar-refractivity contribution < 1.29 is 14.4 Å². The van der Waals surface area contributed by atoms with Crippen LogP contribution in [0.3, 0.4) is 0 Å². The van der Waals surface area contributed by atoms with Crippen LogP contribution in [-0.4, -0.2) is 28.0 Å². The van der Waals surface area contributed by atoms with Crippen LogP contribution in [0.25, 0.3) is 0 Å². The second-order valence-electron chi connectivity index (χ2n) is 3.92. The largest absolute Gasteiger partial charge is 0.393 e. The Hall–Kier alpha value is -0.940. The Kier molecular flexibility index (Phi) is 3.33. The van der Waals surface area contributed by atoms with Crippen molar-refractivity contribution in [2.24, 2.45) is 0 Å². The van der Waals surface area contributed by atoms with E-state index in [2.05, 4.69) is 17.1 Å². The Balaban J connectivity index is 1.82. The van der Waals surface area contributed by atoms with E-state index in [0.717, 1.165) is 19.3 Å². The molecule has 1 N–H and O–H groups in total. The molecule has 0 unspecified atom stereocenters. The van der Waals surface area contributed by atoms with Crippen molar-refractivity contribution in [3.05, 3.63) is 11.7 Å². The van der Waals surface area contributed by atoms with E-state index in [1.54, 1.807) is 0 Å². The summed E-state index contributed by atoms with van der Waals surface area (Å²) in [6.45, 7) is 3.18. The van der Waals surface area contributed by atoms with Gasteiger partial charge in [0.2, 0.25) is 5.89 Å². The molecule has 5 nitrogen and oxygen atoms in total. The summed E-state index contributed by atoms with van der Waals surface area (Å²) < 4.78 is 10.4. The smallest absolute Gasteiger partial charge is 0.230 e. The van der Waals surface area contributed by atoms with Gasteiger partial charge in [0.25, 0.3) is 0 Å². The van der Waals surface area contributed by atoms with E-state index in [1.165, 1.54) is 0 Å². The molecule has 5 heteroatoms. The molecule has 2 rings (SSSR count). The van der Waals surface area contributed by atoms with E-state index < -0.39 is 0 Å². The third kappa shape index (κ3) is 2.54.